The number of carbonyl (C=O) groups excluding carboxylic acids is 1. The van der Waals surface area contributed by atoms with Crippen LogP contribution in [0.25, 0.3) is 21.7 Å². The van der Waals surface area contributed by atoms with Gasteiger partial charge in [-0.15, -0.1) is 0 Å². The van der Waals surface area contributed by atoms with Crippen LogP contribution in [0.3, 0.4) is 0 Å². The van der Waals surface area contributed by atoms with E-state index in [1.54, 1.807) is 0 Å². The minimum Gasteiger partial charge on any atom is -0.490 e. The molecule has 1 aliphatic carbocycles. The topological polar surface area (TPSA) is 51.3 Å². The third kappa shape index (κ3) is 3.78. The van der Waals surface area contributed by atoms with Gasteiger partial charge in [-0.3, -0.25) is 0 Å². The van der Waals surface area contributed by atoms with Crippen molar-refractivity contribution in [1.82, 2.24) is 4.98 Å². The molecule has 3 aromatic carbocycles. The van der Waals surface area contributed by atoms with E-state index in [1.807, 2.05) is 25.1 Å². The maximum atomic E-state index is 12.7. The molecular formula is C27H27NO3. The molecule has 1 N–H and O–H groups in total. The van der Waals surface area contributed by atoms with Crippen LogP contribution in [-0.2, 0) is 4.74 Å². The number of benzene rings is 3. The molecule has 1 saturated carbocycles. The Morgan fingerprint density at radius 3 is 2.61 bits per heavy atom. The molecule has 0 bridgehead atoms. The molecule has 4 aromatic rings. The van der Waals surface area contributed by atoms with Crippen LogP contribution >= 0.6 is 0 Å². The first-order valence-corrected chi connectivity index (χ1v) is 11.2. The molecule has 0 aliphatic heterocycles. The van der Waals surface area contributed by atoms with E-state index in [1.165, 1.54) is 5.39 Å². The molecule has 2 atom stereocenters. The molecular weight excluding hydrogens is 386 g/mol. The van der Waals surface area contributed by atoms with Crippen molar-refractivity contribution in [2.24, 2.45) is 0 Å². The van der Waals surface area contributed by atoms with Crippen LogP contribution in [0.4, 0.5) is 0 Å². The van der Waals surface area contributed by atoms with Crippen LogP contribution in [0.5, 0.6) is 5.75 Å². The molecule has 158 valence electrons. The maximum Gasteiger partial charge on any atom is 0.355 e. The Bertz CT molecular complexity index is 1220. The molecule has 0 amide bonds. The Morgan fingerprint density at radius 1 is 0.968 bits per heavy atom. The highest BCUT2D eigenvalue weighted by molar-refractivity contribution is 5.98. The Hall–Kier alpha value is -3.27. The summed E-state index contributed by atoms with van der Waals surface area (Å²) in [6.07, 6.45) is 4.15. The van der Waals surface area contributed by atoms with E-state index < -0.39 is 0 Å². The van der Waals surface area contributed by atoms with Gasteiger partial charge in [0.15, 0.2) is 0 Å². The molecule has 1 aromatic heterocycles. The SMILES string of the molecule is CCOC(=O)c1[nH]c2ccccc2c1C1CCCC(Oc2cccc3ccccc23)C1. The van der Waals surface area contributed by atoms with Crippen LogP contribution in [0, 0.1) is 0 Å². The van der Waals surface area contributed by atoms with Crippen molar-refractivity contribution >= 4 is 27.6 Å². The lowest BCUT2D eigenvalue weighted by molar-refractivity contribution is 0.0517. The van der Waals surface area contributed by atoms with Crippen molar-refractivity contribution in [2.75, 3.05) is 6.61 Å². The van der Waals surface area contributed by atoms with Crippen LogP contribution in [0.15, 0.2) is 66.7 Å². The predicted molar refractivity (Wildman–Crippen MR) is 124 cm³/mol. The molecule has 0 saturated heterocycles. The highest BCUT2D eigenvalue weighted by Crippen LogP contribution is 2.40. The average molecular weight is 414 g/mol. The summed E-state index contributed by atoms with van der Waals surface area (Å²) in [4.78, 5) is 16.0. The van der Waals surface area contributed by atoms with Gasteiger partial charge in [-0.1, -0.05) is 54.6 Å². The zero-order valence-corrected chi connectivity index (χ0v) is 17.8. The summed E-state index contributed by atoms with van der Waals surface area (Å²) in [5.41, 5.74) is 2.66. The molecule has 0 spiro atoms. The minimum absolute atomic E-state index is 0.119. The fourth-order valence-electron chi connectivity index (χ4n) is 4.94. The third-order valence-electron chi connectivity index (χ3n) is 6.30. The lowest BCUT2D eigenvalue weighted by atomic mass is 9.81. The number of esters is 1. The molecule has 1 aliphatic rings. The van der Waals surface area contributed by atoms with Crippen molar-refractivity contribution in [3.63, 3.8) is 0 Å². The summed E-state index contributed by atoms with van der Waals surface area (Å²) in [6, 6.07) is 22.7. The second-order valence-electron chi connectivity index (χ2n) is 8.26. The fourth-order valence-corrected chi connectivity index (χ4v) is 4.94. The minimum atomic E-state index is -0.272. The van der Waals surface area contributed by atoms with Crippen molar-refractivity contribution in [3.8, 4) is 5.75 Å². The normalized spacial score (nSPS) is 18.9. The van der Waals surface area contributed by atoms with Gasteiger partial charge in [-0.25, -0.2) is 4.79 Å². The number of carbonyl (C=O) groups is 1. The monoisotopic (exact) mass is 413 g/mol. The first-order chi connectivity index (χ1) is 15.2. The molecule has 5 rings (SSSR count). The van der Waals surface area contributed by atoms with Gasteiger partial charge in [0.2, 0.25) is 0 Å². The Balaban J connectivity index is 1.46. The molecule has 1 fully saturated rings. The number of aromatic amines is 1. The second kappa shape index (κ2) is 8.46. The van der Waals surface area contributed by atoms with Gasteiger partial charge in [-0.2, -0.15) is 0 Å². The van der Waals surface area contributed by atoms with E-state index >= 15 is 0 Å². The van der Waals surface area contributed by atoms with Gasteiger partial charge >= 0.3 is 5.97 Å². The average Bonchev–Trinajstić information content (AvgIpc) is 3.20. The van der Waals surface area contributed by atoms with Crippen LogP contribution in [0.2, 0.25) is 0 Å². The van der Waals surface area contributed by atoms with Gasteiger partial charge in [0, 0.05) is 16.3 Å². The first-order valence-electron chi connectivity index (χ1n) is 11.2. The summed E-state index contributed by atoms with van der Waals surface area (Å²) in [6.45, 7) is 2.21. The number of hydrogen-bond acceptors (Lipinski definition) is 3. The standard InChI is InChI=1S/C27H27NO3/c1-2-30-27(29)26-25(22-14-5-6-15-23(22)28-26)19-11-7-12-20(17-19)31-24-16-8-10-18-9-3-4-13-21(18)24/h3-6,8-10,13-16,19-20,28H,2,7,11-12,17H2,1H3. The van der Waals surface area contributed by atoms with Gasteiger partial charge in [0.25, 0.3) is 0 Å². The number of aromatic nitrogens is 1. The Morgan fingerprint density at radius 2 is 1.74 bits per heavy atom. The van der Waals surface area contributed by atoms with E-state index in [9.17, 15) is 4.79 Å². The van der Waals surface area contributed by atoms with Crippen molar-refractivity contribution in [1.29, 1.82) is 0 Å². The van der Waals surface area contributed by atoms with Gasteiger partial charge < -0.3 is 14.5 Å². The number of rotatable bonds is 5. The first kappa shape index (κ1) is 19.7. The summed E-state index contributed by atoms with van der Waals surface area (Å²) < 4.78 is 11.9. The van der Waals surface area contributed by atoms with E-state index in [0.717, 1.165) is 53.3 Å². The van der Waals surface area contributed by atoms with E-state index in [2.05, 4.69) is 53.5 Å². The predicted octanol–water partition coefficient (Wildman–Crippen LogP) is 6.60. The number of fused-ring (bicyclic) bond motifs is 2. The molecule has 4 heteroatoms. The Labute approximate surface area is 182 Å². The summed E-state index contributed by atoms with van der Waals surface area (Å²) in [5, 5.41) is 3.45. The van der Waals surface area contributed by atoms with Crippen LogP contribution in [-0.4, -0.2) is 23.7 Å². The molecule has 31 heavy (non-hydrogen) atoms. The van der Waals surface area contributed by atoms with Crippen molar-refractivity contribution in [2.45, 2.75) is 44.6 Å². The number of para-hydroxylation sites is 1. The summed E-state index contributed by atoms with van der Waals surface area (Å²) in [7, 11) is 0. The highest BCUT2D eigenvalue weighted by Gasteiger charge is 2.31. The number of H-pyrrole nitrogens is 1. The van der Waals surface area contributed by atoms with E-state index in [0.29, 0.717) is 12.3 Å². The zero-order valence-electron chi connectivity index (χ0n) is 17.8. The van der Waals surface area contributed by atoms with E-state index in [4.69, 9.17) is 9.47 Å². The molecule has 0 radical (unpaired) electrons. The van der Waals surface area contributed by atoms with Crippen LogP contribution in [0.1, 0.15) is 54.6 Å². The molecule has 1 heterocycles. The van der Waals surface area contributed by atoms with Gasteiger partial charge in [-0.05, 0) is 61.6 Å². The van der Waals surface area contributed by atoms with Crippen molar-refractivity contribution < 1.29 is 14.3 Å². The number of ether oxygens (including phenoxy) is 2. The highest BCUT2D eigenvalue weighted by atomic mass is 16.5. The maximum absolute atomic E-state index is 12.7. The molecule has 2 unspecified atom stereocenters. The lowest BCUT2D eigenvalue weighted by Gasteiger charge is -2.30. The zero-order chi connectivity index (χ0) is 21.2. The second-order valence-corrected chi connectivity index (χ2v) is 8.26. The van der Waals surface area contributed by atoms with E-state index in [-0.39, 0.29) is 18.0 Å². The van der Waals surface area contributed by atoms with Gasteiger partial charge in [0.1, 0.15) is 11.4 Å². The van der Waals surface area contributed by atoms with Crippen molar-refractivity contribution in [3.05, 3.63) is 78.0 Å². The molecule has 4 nitrogen and oxygen atoms in total. The fraction of sp³-hybridized carbons (Fsp3) is 0.296. The largest absolute Gasteiger partial charge is 0.490 e. The number of hydrogen-bond donors (Lipinski definition) is 1. The number of nitrogens with one attached hydrogen (secondary N) is 1. The smallest absolute Gasteiger partial charge is 0.355 e. The Kier molecular flexibility index (Phi) is 5.37. The summed E-state index contributed by atoms with van der Waals surface area (Å²) in [5.74, 6) is 0.920. The van der Waals surface area contributed by atoms with Gasteiger partial charge in [0.05, 0.1) is 12.7 Å². The third-order valence-corrected chi connectivity index (χ3v) is 6.30. The van der Waals surface area contributed by atoms with Crippen LogP contribution < -0.4 is 4.74 Å². The lowest BCUT2D eigenvalue weighted by Crippen LogP contribution is -2.25. The summed E-state index contributed by atoms with van der Waals surface area (Å²) >= 11 is 0. The quantitative estimate of drug-likeness (QED) is 0.375.